The quantitative estimate of drug-likeness (QED) is 0.814. The Morgan fingerprint density at radius 2 is 2.04 bits per heavy atom. The van der Waals surface area contributed by atoms with Crippen molar-refractivity contribution >= 4 is 24.0 Å². The Morgan fingerprint density at radius 1 is 1.38 bits per heavy atom. The zero-order valence-electron chi connectivity index (χ0n) is 13.7. The van der Waals surface area contributed by atoms with Gasteiger partial charge in [-0.25, -0.2) is 0 Å². The summed E-state index contributed by atoms with van der Waals surface area (Å²) in [5.41, 5.74) is 0.413. The Labute approximate surface area is 146 Å². The average molecular weight is 365 g/mol. The van der Waals surface area contributed by atoms with E-state index in [2.05, 4.69) is 15.4 Å². The first-order valence-corrected chi connectivity index (χ1v) is 7.53. The molecular weight excluding hydrogens is 342 g/mol. The minimum absolute atomic E-state index is 0. The van der Waals surface area contributed by atoms with E-state index in [1.54, 1.807) is 26.2 Å². The lowest BCUT2D eigenvalue weighted by Gasteiger charge is -2.35. The molecule has 5 nitrogen and oxygen atoms in total. The van der Waals surface area contributed by atoms with E-state index >= 15 is 0 Å². The third-order valence-electron chi connectivity index (χ3n) is 4.13. The van der Waals surface area contributed by atoms with Crippen molar-refractivity contribution < 1.29 is 23.0 Å². The van der Waals surface area contributed by atoms with Crippen LogP contribution in [-0.2, 0) is 9.53 Å². The molecule has 2 rings (SSSR count). The van der Waals surface area contributed by atoms with Crippen LogP contribution < -0.4 is 15.4 Å². The SMILES string of the molecule is COCC1(C(=O)Nc2ccc(C)c(OC(F)F)c2)CCNCC1.Cl. The Balaban J connectivity index is 0.00000288. The molecule has 1 aromatic rings. The molecule has 0 aliphatic carbocycles. The number of amides is 1. The van der Waals surface area contributed by atoms with Gasteiger partial charge in [0.2, 0.25) is 5.91 Å². The van der Waals surface area contributed by atoms with Crippen LogP contribution in [0, 0.1) is 12.3 Å². The minimum atomic E-state index is -2.90. The summed E-state index contributed by atoms with van der Waals surface area (Å²) in [6.45, 7) is 0.577. The number of ether oxygens (including phenoxy) is 2. The number of carbonyl (C=O) groups is 1. The summed E-state index contributed by atoms with van der Waals surface area (Å²) in [5, 5.41) is 6.02. The molecule has 1 saturated heterocycles. The van der Waals surface area contributed by atoms with Crippen molar-refractivity contribution in [2.24, 2.45) is 5.41 Å². The highest BCUT2D eigenvalue weighted by Gasteiger charge is 2.39. The highest BCUT2D eigenvalue weighted by Crippen LogP contribution is 2.32. The normalized spacial score (nSPS) is 16.4. The molecule has 1 aromatic carbocycles. The Kier molecular flexibility index (Phi) is 7.86. The van der Waals surface area contributed by atoms with Crippen LogP contribution in [0.4, 0.5) is 14.5 Å². The molecule has 2 N–H and O–H groups in total. The second-order valence-corrected chi connectivity index (χ2v) is 5.78. The van der Waals surface area contributed by atoms with Crippen LogP contribution in [0.15, 0.2) is 18.2 Å². The van der Waals surface area contributed by atoms with E-state index in [0.29, 0.717) is 30.7 Å². The number of rotatable bonds is 6. The number of hydrogen-bond acceptors (Lipinski definition) is 4. The van der Waals surface area contributed by atoms with Gasteiger partial charge in [0.15, 0.2) is 0 Å². The van der Waals surface area contributed by atoms with Crippen molar-refractivity contribution in [3.63, 3.8) is 0 Å². The van der Waals surface area contributed by atoms with Crippen LogP contribution in [0.3, 0.4) is 0 Å². The highest BCUT2D eigenvalue weighted by atomic mass is 35.5. The second kappa shape index (κ2) is 9.15. The highest BCUT2D eigenvalue weighted by molar-refractivity contribution is 5.95. The number of nitrogens with one attached hydrogen (secondary N) is 2. The number of aryl methyl sites for hydroxylation is 1. The van der Waals surface area contributed by atoms with E-state index in [-0.39, 0.29) is 24.1 Å². The van der Waals surface area contributed by atoms with Crippen LogP contribution in [0.25, 0.3) is 0 Å². The summed E-state index contributed by atoms with van der Waals surface area (Å²) >= 11 is 0. The molecule has 0 aromatic heterocycles. The summed E-state index contributed by atoms with van der Waals surface area (Å²) in [5.74, 6) is -0.100. The molecular formula is C16H23ClF2N2O3. The number of hydrogen-bond donors (Lipinski definition) is 2. The van der Waals surface area contributed by atoms with Gasteiger partial charge in [-0.05, 0) is 44.5 Å². The van der Waals surface area contributed by atoms with Gasteiger partial charge in [0.05, 0.1) is 12.0 Å². The van der Waals surface area contributed by atoms with Gasteiger partial charge in [-0.3, -0.25) is 4.79 Å². The van der Waals surface area contributed by atoms with E-state index < -0.39 is 12.0 Å². The fourth-order valence-electron chi connectivity index (χ4n) is 2.78. The molecule has 1 aliphatic heterocycles. The van der Waals surface area contributed by atoms with Crippen LogP contribution in [0.5, 0.6) is 5.75 Å². The number of anilines is 1. The standard InChI is InChI=1S/C16H22F2N2O3.ClH/c1-11-3-4-12(9-13(11)23-15(17)18)20-14(21)16(10-22-2)5-7-19-8-6-16;/h3-4,9,15,19H,5-8,10H2,1-2H3,(H,20,21);1H. The third-order valence-corrected chi connectivity index (χ3v) is 4.13. The van der Waals surface area contributed by atoms with Crippen molar-refractivity contribution in [3.8, 4) is 5.75 Å². The van der Waals surface area contributed by atoms with Crippen LogP contribution in [0.1, 0.15) is 18.4 Å². The average Bonchev–Trinajstić information content (AvgIpc) is 2.51. The first kappa shape index (κ1) is 20.6. The Bertz CT molecular complexity index is 547. The van der Waals surface area contributed by atoms with Gasteiger partial charge < -0.3 is 20.1 Å². The van der Waals surface area contributed by atoms with Crippen molar-refractivity contribution in [1.29, 1.82) is 0 Å². The zero-order valence-corrected chi connectivity index (χ0v) is 14.6. The molecule has 0 spiro atoms. The number of benzene rings is 1. The van der Waals surface area contributed by atoms with Crippen molar-refractivity contribution in [3.05, 3.63) is 23.8 Å². The van der Waals surface area contributed by atoms with E-state index in [9.17, 15) is 13.6 Å². The lowest BCUT2D eigenvalue weighted by Crippen LogP contribution is -2.47. The maximum absolute atomic E-state index is 12.7. The maximum Gasteiger partial charge on any atom is 0.387 e. The topological polar surface area (TPSA) is 59.6 Å². The van der Waals surface area contributed by atoms with Gasteiger partial charge in [0.1, 0.15) is 5.75 Å². The van der Waals surface area contributed by atoms with Crippen LogP contribution in [-0.4, -0.2) is 39.3 Å². The van der Waals surface area contributed by atoms with Gasteiger partial charge in [-0.1, -0.05) is 6.07 Å². The number of piperidine rings is 1. The molecule has 8 heteroatoms. The van der Waals surface area contributed by atoms with Crippen LogP contribution in [0.2, 0.25) is 0 Å². The molecule has 1 fully saturated rings. The smallest absolute Gasteiger partial charge is 0.387 e. The summed E-state index contributed by atoms with van der Waals surface area (Å²) in [7, 11) is 1.57. The third kappa shape index (κ3) is 5.03. The summed E-state index contributed by atoms with van der Waals surface area (Å²) in [4.78, 5) is 12.7. The Hall–Kier alpha value is -1.44. The predicted octanol–water partition coefficient (Wildman–Crippen LogP) is 2.97. The molecule has 1 amide bonds. The van der Waals surface area contributed by atoms with Crippen molar-refractivity contribution in [2.45, 2.75) is 26.4 Å². The molecule has 1 aliphatic rings. The minimum Gasteiger partial charge on any atom is -0.434 e. The number of alkyl halides is 2. The lowest BCUT2D eigenvalue weighted by molar-refractivity contribution is -0.130. The van der Waals surface area contributed by atoms with Gasteiger partial charge in [0.25, 0.3) is 0 Å². The van der Waals surface area contributed by atoms with Crippen LogP contribution >= 0.6 is 12.4 Å². The first-order valence-electron chi connectivity index (χ1n) is 7.53. The summed E-state index contributed by atoms with van der Waals surface area (Å²) in [6.07, 6.45) is 1.33. The van der Waals surface area contributed by atoms with E-state index in [1.807, 2.05) is 0 Å². The number of halogens is 3. The van der Waals surface area contributed by atoms with Gasteiger partial charge in [-0.15, -0.1) is 12.4 Å². The molecule has 0 bridgehead atoms. The molecule has 24 heavy (non-hydrogen) atoms. The fourth-order valence-corrected chi connectivity index (χ4v) is 2.78. The fraction of sp³-hybridized carbons (Fsp3) is 0.562. The van der Waals surface area contributed by atoms with Gasteiger partial charge in [0, 0.05) is 18.9 Å². The summed E-state index contributed by atoms with van der Waals surface area (Å²) < 4.78 is 34.5. The monoisotopic (exact) mass is 364 g/mol. The van der Waals surface area contributed by atoms with E-state index in [4.69, 9.17) is 4.74 Å². The lowest BCUT2D eigenvalue weighted by atomic mass is 9.78. The summed E-state index contributed by atoms with van der Waals surface area (Å²) in [6, 6.07) is 4.73. The molecule has 1 heterocycles. The maximum atomic E-state index is 12.7. The Morgan fingerprint density at radius 3 is 2.62 bits per heavy atom. The van der Waals surface area contributed by atoms with E-state index in [1.165, 1.54) is 6.07 Å². The molecule has 0 radical (unpaired) electrons. The van der Waals surface area contributed by atoms with E-state index in [0.717, 1.165) is 13.1 Å². The number of carbonyl (C=O) groups excluding carboxylic acids is 1. The molecule has 136 valence electrons. The molecule has 0 saturated carbocycles. The van der Waals surface area contributed by atoms with Crippen molar-refractivity contribution in [2.75, 3.05) is 32.1 Å². The van der Waals surface area contributed by atoms with Gasteiger partial charge >= 0.3 is 6.61 Å². The molecule has 0 unspecified atom stereocenters. The largest absolute Gasteiger partial charge is 0.434 e. The first-order chi connectivity index (χ1) is 11.0. The number of methoxy groups -OCH3 is 1. The second-order valence-electron chi connectivity index (χ2n) is 5.78. The van der Waals surface area contributed by atoms with Gasteiger partial charge in [-0.2, -0.15) is 8.78 Å². The van der Waals surface area contributed by atoms with Crippen molar-refractivity contribution in [1.82, 2.24) is 5.32 Å². The zero-order chi connectivity index (χ0) is 16.9. The predicted molar refractivity (Wildman–Crippen MR) is 90.1 cm³/mol. The molecule has 0 atom stereocenters.